The van der Waals surface area contributed by atoms with Crippen molar-refractivity contribution in [1.29, 1.82) is 0 Å². The summed E-state index contributed by atoms with van der Waals surface area (Å²) in [5.74, 6) is -0.292. The van der Waals surface area contributed by atoms with Crippen LogP contribution in [0.3, 0.4) is 0 Å². The number of benzene rings is 2. The van der Waals surface area contributed by atoms with Crippen LogP contribution >= 0.6 is 0 Å². The molecule has 3 rings (SSSR count). The summed E-state index contributed by atoms with van der Waals surface area (Å²) in [5, 5.41) is 3.83. The number of H-pyrrole nitrogens is 1. The summed E-state index contributed by atoms with van der Waals surface area (Å²) >= 11 is 0. The lowest BCUT2D eigenvalue weighted by Crippen LogP contribution is -2.26. The standard InChI is InChI=1S/C19H19FN2O/c20-16-8-9-17-15(13-22-18(17)12-16)11-19(23)21-10-4-7-14-5-2-1-3-6-14/h1-3,5-6,8-9,12-13,22H,4,7,10-11H2,(H,21,23). The van der Waals surface area contributed by atoms with Crippen LogP contribution in [0, 0.1) is 5.82 Å². The Morgan fingerprint density at radius 2 is 1.96 bits per heavy atom. The van der Waals surface area contributed by atoms with Crippen molar-refractivity contribution < 1.29 is 9.18 Å². The number of nitrogens with one attached hydrogen (secondary N) is 2. The molecule has 3 nitrogen and oxygen atoms in total. The van der Waals surface area contributed by atoms with Crippen molar-refractivity contribution in [1.82, 2.24) is 10.3 Å². The van der Waals surface area contributed by atoms with Crippen molar-refractivity contribution in [3.63, 3.8) is 0 Å². The van der Waals surface area contributed by atoms with Gasteiger partial charge < -0.3 is 10.3 Å². The summed E-state index contributed by atoms with van der Waals surface area (Å²) in [4.78, 5) is 15.0. The zero-order chi connectivity index (χ0) is 16.1. The second-order valence-corrected chi connectivity index (χ2v) is 5.62. The van der Waals surface area contributed by atoms with Gasteiger partial charge >= 0.3 is 0 Å². The molecule has 2 N–H and O–H groups in total. The number of carbonyl (C=O) groups is 1. The van der Waals surface area contributed by atoms with Crippen LogP contribution in [0.2, 0.25) is 0 Å². The Morgan fingerprint density at radius 3 is 2.78 bits per heavy atom. The predicted octanol–water partition coefficient (Wildman–Crippen LogP) is 3.60. The SMILES string of the molecule is O=C(Cc1c[nH]c2cc(F)ccc12)NCCCc1ccccc1. The largest absolute Gasteiger partial charge is 0.361 e. The highest BCUT2D eigenvalue weighted by atomic mass is 19.1. The third-order valence-corrected chi connectivity index (χ3v) is 3.89. The number of aromatic nitrogens is 1. The zero-order valence-corrected chi connectivity index (χ0v) is 12.8. The van der Waals surface area contributed by atoms with Gasteiger partial charge in [-0.1, -0.05) is 30.3 Å². The number of aryl methyl sites for hydroxylation is 1. The smallest absolute Gasteiger partial charge is 0.224 e. The summed E-state index contributed by atoms with van der Waals surface area (Å²) in [6.45, 7) is 0.657. The highest BCUT2D eigenvalue weighted by Gasteiger charge is 2.09. The van der Waals surface area contributed by atoms with Crippen LogP contribution < -0.4 is 5.32 Å². The van der Waals surface area contributed by atoms with Crippen LogP contribution in [0.4, 0.5) is 4.39 Å². The van der Waals surface area contributed by atoms with E-state index < -0.39 is 0 Å². The average Bonchev–Trinajstić information content (AvgIpc) is 2.94. The Hall–Kier alpha value is -2.62. The maximum absolute atomic E-state index is 13.2. The van der Waals surface area contributed by atoms with Crippen molar-refractivity contribution >= 4 is 16.8 Å². The number of carbonyl (C=O) groups excluding carboxylic acids is 1. The van der Waals surface area contributed by atoms with Gasteiger partial charge in [0, 0.05) is 23.6 Å². The summed E-state index contributed by atoms with van der Waals surface area (Å²) in [5.41, 5.74) is 2.89. The fourth-order valence-corrected chi connectivity index (χ4v) is 2.71. The lowest BCUT2D eigenvalue weighted by atomic mass is 10.1. The molecule has 0 fully saturated rings. The monoisotopic (exact) mass is 310 g/mol. The molecule has 118 valence electrons. The van der Waals surface area contributed by atoms with E-state index in [9.17, 15) is 9.18 Å². The minimum Gasteiger partial charge on any atom is -0.361 e. The third-order valence-electron chi connectivity index (χ3n) is 3.89. The van der Waals surface area contributed by atoms with E-state index >= 15 is 0 Å². The van der Waals surface area contributed by atoms with Gasteiger partial charge in [-0.3, -0.25) is 4.79 Å². The molecule has 1 aromatic heterocycles. The second kappa shape index (κ2) is 7.09. The molecule has 1 amide bonds. The molecular formula is C19H19FN2O. The van der Waals surface area contributed by atoms with E-state index in [0.29, 0.717) is 13.0 Å². The van der Waals surface area contributed by atoms with Gasteiger partial charge in [-0.25, -0.2) is 4.39 Å². The first-order valence-corrected chi connectivity index (χ1v) is 7.78. The van der Waals surface area contributed by atoms with E-state index in [1.807, 2.05) is 18.2 Å². The normalized spacial score (nSPS) is 10.8. The summed E-state index contributed by atoms with van der Waals surface area (Å²) in [7, 11) is 0. The molecule has 23 heavy (non-hydrogen) atoms. The Bertz CT molecular complexity index is 795. The van der Waals surface area contributed by atoms with Crippen molar-refractivity contribution in [2.24, 2.45) is 0 Å². The number of hydrogen-bond donors (Lipinski definition) is 2. The van der Waals surface area contributed by atoms with Crippen LogP contribution in [-0.4, -0.2) is 17.4 Å². The van der Waals surface area contributed by atoms with Crippen LogP contribution in [0.1, 0.15) is 17.5 Å². The van der Waals surface area contributed by atoms with E-state index in [4.69, 9.17) is 0 Å². The maximum Gasteiger partial charge on any atom is 0.224 e. The molecule has 0 unspecified atom stereocenters. The van der Waals surface area contributed by atoms with Crippen molar-refractivity contribution in [2.75, 3.05) is 6.54 Å². The fraction of sp³-hybridized carbons (Fsp3) is 0.211. The van der Waals surface area contributed by atoms with E-state index in [-0.39, 0.29) is 11.7 Å². The van der Waals surface area contributed by atoms with Crippen LogP contribution in [0.25, 0.3) is 10.9 Å². The molecule has 0 saturated carbocycles. The number of fused-ring (bicyclic) bond motifs is 1. The van der Waals surface area contributed by atoms with Gasteiger partial charge in [0.25, 0.3) is 0 Å². The second-order valence-electron chi connectivity index (χ2n) is 5.62. The van der Waals surface area contributed by atoms with E-state index in [2.05, 4.69) is 22.4 Å². The minimum absolute atomic E-state index is 0.0108. The van der Waals surface area contributed by atoms with E-state index in [1.165, 1.54) is 17.7 Å². The molecule has 0 aliphatic heterocycles. The number of aromatic amines is 1. The Kier molecular flexibility index (Phi) is 4.71. The molecule has 0 saturated heterocycles. The number of hydrogen-bond acceptors (Lipinski definition) is 1. The maximum atomic E-state index is 13.2. The van der Waals surface area contributed by atoms with Gasteiger partial charge in [0.2, 0.25) is 5.91 Å². The van der Waals surface area contributed by atoms with Crippen LogP contribution in [0.5, 0.6) is 0 Å². The molecule has 3 aromatic rings. The van der Waals surface area contributed by atoms with E-state index in [1.54, 1.807) is 12.3 Å². The molecule has 1 heterocycles. The van der Waals surface area contributed by atoms with Gasteiger partial charge in [0.05, 0.1) is 6.42 Å². The number of amides is 1. The first-order chi connectivity index (χ1) is 11.2. The lowest BCUT2D eigenvalue weighted by Gasteiger charge is -2.05. The Morgan fingerprint density at radius 1 is 1.13 bits per heavy atom. The first-order valence-electron chi connectivity index (χ1n) is 7.78. The summed E-state index contributed by atoms with van der Waals surface area (Å²) in [6.07, 6.45) is 3.94. The van der Waals surface area contributed by atoms with Crippen molar-refractivity contribution in [3.05, 3.63) is 71.7 Å². The molecule has 0 spiro atoms. The van der Waals surface area contributed by atoms with E-state index in [0.717, 1.165) is 29.3 Å². The molecule has 0 atom stereocenters. The predicted molar refractivity (Wildman–Crippen MR) is 89.7 cm³/mol. The van der Waals surface area contributed by atoms with Crippen LogP contribution in [-0.2, 0) is 17.6 Å². The highest BCUT2D eigenvalue weighted by molar-refractivity contribution is 5.88. The van der Waals surface area contributed by atoms with Gasteiger partial charge in [-0.15, -0.1) is 0 Å². The van der Waals surface area contributed by atoms with Gasteiger partial charge in [0.1, 0.15) is 5.82 Å². The summed E-state index contributed by atoms with van der Waals surface area (Å²) in [6, 6.07) is 14.8. The molecule has 0 radical (unpaired) electrons. The lowest BCUT2D eigenvalue weighted by molar-refractivity contribution is -0.120. The first kappa shape index (κ1) is 15.3. The third kappa shape index (κ3) is 3.97. The fourth-order valence-electron chi connectivity index (χ4n) is 2.71. The summed E-state index contributed by atoms with van der Waals surface area (Å²) < 4.78 is 13.2. The molecule has 2 aromatic carbocycles. The average molecular weight is 310 g/mol. The molecular weight excluding hydrogens is 291 g/mol. The molecule has 0 bridgehead atoms. The highest BCUT2D eigenvalue weighted by Crippen LogP contribution is 2.19. The van der Waals surface area contributed by atoms with Gasteiger partial charge in [0.15, 0.2) is 0 Å². The van der Waals surface area contributed by atoms with Crippen molar-refractivity contribution in [3.8, 4) is 0 Å². The van der Waals surface area contributed by atoms with Crippen molar-refractivity contribution in [2.45, 2.75) is 19.3 Å². The number of rotatable bonds is 6. The zero-order valence-electron chi connectivity index (χ0n) is 12.8. The Balaban J connectivity index is 1.49. The molecule has 0 aliphatic carbocycles. The quantitative estimate of drug-likeness (QED) is 0.671. The minimum atomic E-state index is -0.281. The topological polar surface area (TPSA) is 44.9 Å². The Labute approximate surface area is 134 Å². The molecule has 4 heteroatoms. The van der Waals surface area contributed by atoms with Gasteiger partial charge in [-0.05, 0) is 42.2 Å². The van der Waals surface area contributed by atoms with Crippen LogP contribution in [0.15, 0.2) is 54.7 Å². The molecule has 0 aliphatic rings. The van der Waals surface area contributed by atoms with Gasteiger partial charge in [-0.2, -0.15) is 0 Å². The number of halogens is 1.